The van der Waals surface area contributed by atoms with E-state index in [1.807, 2.05) is 0 Å². The van der Waals surface area contributed by atoms with E-state index >= 15 is 0 Å². The predicted octanol–water partition coefficient (Wildman–Crippen LogP) is 4.35. The molecule has 168 valence electrons. The molecule has 0 spiro atoms. The summed E-state index contributed by atoms with van der Waals surface area (Å²) in [5, 5.41) is 3.36. The topological polar surface area (TPSA) is 44.8 Å². The van der Waals surface area contributed by atoms with E-state index in [9.17, 15) is 9.18 Å². The number of benzene rings is 1. The van der Waals surface area contributed by atoms with Gasteiger partial charge in [-0.15, -0.1) is 0 Å². The SMILES string of the molecule is COCC(=O)N[C@H]1CC[C@H](CCN2CCN(c3ccc(F)c(Cl)c3Cl)[C@H](C)C2)CC1. The number of rotatable bonds is 7. The molecule has 0 aromatic heterocycles. The van der Waals surface area contributed by atoms with Gasteiger partial charge in [-0.05, 0) is 63.6 Å². The number of halogens is 3. The van der Waals surface area contributed by atoms with Gasteiger partial charge in [0.25, 0.3) is 0 Å². The maximum atomic E-state index is 13.6. The van der Waals surface area contributed by atoms with Gasteiger partial charge in [0, 0.05) is 38.8 Å². The van der Waals surface area contributed by atoms with E-state index in [2.05, 4.69) is 22.0 Å². The molecule has 1 aliphatic carbocycles. The Morgan fingerprint density at radius 3 is 2.60 bits per heavy atom. The van der Waals surface area contributed by atoms with Crippen molar-refractivity contribution in [3.05, 3.63) is 28.0 Å². The minimum atomic E-state index is -0.482. The van der Waals surface area contributed by atoms with Gasteiger partial charge in [0.05, 0.1) is 15.7 Å². The zero-order valence-electron chi connectivity index (χ0n) is 17.8. The van der Waals surface area contributed by atoms with E-state index in [1.165, 1.54) is 12.5 Å². The van der Waals surface area contributed by atoms with Gasteiger partial charge in [-0.25, -0.2) is 4.39 Å². The quantitative estimate of drug-likeness (QED) is 0.615. The number of nitrogens with one attached hydrogen (secondary N) is 1. The van der Waals surface area contributed by atoms with E-state index in [0.717, 1.165) is 63.5 Å². The van der Waals surface area contributed by atoms with Crippen LogP contribution >= 0.6 is 23.2 Å². The third kappa shape index (κ3) is 6.00. The van der Waals surface area contributed by atoms with Crippen molar-refractivity contribution < 1.29 is 13.9 Å². The largest absolute Gasteiger partial charge is 0.375 e. The van der Waals surface area contributed by atoms with Gasteiger partial charge in [-0.3, -0.25) is 9.69 Å². The van der Waals surface area contributed by atoms with Crippen molar-refractivity contribution in [2.24, 2.45) is 5.92 Å². The van der Waals surface area contributed by atoms with Crippen LogP contribution < -0.4 is 10.2 Å². The second-order valence-electron chi connectivity index (χ2n) is 8.54. The molecule has 2 fully saturated rings. The number of hydrogen-bond acceptors (Lipinski definition) is 4. The lowest BCUT2D eigenvalue weighted by Crippen LogP contribution is -2.52. The Balaban J connectivity index is 1.42. The van der Waals surface area contributed by atoms with Crippen LogP contribution in [-0.2, 0) is 9.53 Å². The summed E-state index contributed by atoms with van der Waals surface area (Å²) in [7, 11) is 1.54. The third-order valence-electron chi connectivity index (χ3n) is 6.38. The van der Waals surface area contributed by atoms with Crippen molar-refractivity contribution in [3.63, 3.8) is 0 Å². The number of amides is 1. The Hall–Kier alpha value is -1.08. The Kier molecular flexibility index (Phi) is 8.63. The van der Waals surface area contributed by atoms with E-state index in [4.69, 9.17) is 27.9 Å². The van der Waals surface area contributed by atoms with E-state index in [0.29, 0.717) is 11.1 Å². The summed E-state index contributed by atoms with van der Waals surface area (Å²) in [5.74, 6) is 0.222. The summed E-state index contributed by atoms with van der Waals surface area (Å²) in [6.45, 7) is 6.15. The molecule has 1 atom stereocenters. The van der Waals surface area contributed by atoms with E-state index in [1.54, 1.807) is 13.2 Å². The zero-order valence-corrected chi connectivity index (χ0v) is 19.3. The maximum Gasteiger partial charge on any atom is 0.246 e. The van der Waals surface area contributed by atoms with Gasteiger partial charge in [-0.1, -0.05) is 23.2 Å². The van der Waals surface area contributed by atoms with Crippen molar-refractivity contribution in [1.82, 2.24) is 10.2 Å². The summed E-state index contributed by atoms with van der Waals surface area (Å²) >= 11 is 12.3. The fourth-order valence-electron chi connectivity index (χ4n) is 4.69. The molecule has 1 heterocycles. The first kappa shape index (κ1) is 23.6. The molecule has 8 heteroatoms. The molecule has 1 saturated heterocycles. The average Bonchev–Trinajstić information content (AvgIpc) is 2.72. The highest BCUT2D eigenvalue weighted by Crippen LogP contribution is 2.36. The minimum absolute atomic E-state index is 0.00203. The first-order chi connectivity index (χ1) is 14.4. The van der Waals surface area contributed by atoms with Crippen LogP contribution in [0, 0.1) is 11.7 Å². The van der Waals surface area contributed by atoms with Gasteiger partial charge in [-0.2, -0.15) is 0 Å². The smallest absolute Gasteiger partial charge is 0.246 e. The van der Waals surface area contributed by atoms with Gasteiger partial charge in [0.15, 0.2) is 0 Å². The molecule has 1 aromatic carbocycles. The number of carbonyl (C=O) groups excluding carboxylic acids is 1. The molecule has 0 radical (unpaired) electrons. The van der Waals surface area contributed by atoms with Crippen LogP contribution in [0.25, 0.3) is 0 Å². The molecule has 0 unspecified atom stereocenters. The number of carbonyl (C=O) groups is 1. The Morgan fingerprint density at radius 2 is 1.93 bits per heavy atom. The highest BCUT2D eigenvalue weighted by molar-refractivity contribution is 6.43. The van der Waals surface area contributed by atoms with Crippen molar-refractivity contribution in [1.29, 1.82) is 0 Å². The molecule has 1 aromatic rings. The summed E-state index contributed by atoms with van der Waals surface area (Å²) in [5.41, 5.74) is 0.809. The zero-order chi connectivity index (χ0) is 21.7. The average molecular weight is 460 g/mol. The molecule has 30 heavy (non-hydrogen) atoms. The normalized spacial score (nSPS) is 25.4. The Morgan fingerprint density at radius 1 is 1.20 bits per heavy atom. The fraction of sp³-hybridized carbons (Fsp3) is 0.682. The number of methoxy groups -OCH3 is 1. The summed E-state index contributed by atoms with van der Waals surface area (Å²) in [6.07, 6.45) is 5.62. The molecule has 0 bridgehead atoms. The Bertz CT molecular complexity index is 729. The van der Waals surface area contributed by atoms with Crippen LogP contribution in [0.4, 0.5) is 10.1 Å². The third-order valence-corrected chi connectivity index (χ3v) is 7.23. The summed E-state index contributed by atoms with van der Waals surface area (Å²) in [4.78, 5) is 16.4. The molecule has 1 aliphatic heterocycles. The lowest BCUT2D eigenvalue weighted by molar-refractivity contribution is -0.125. The van der Waals surface area contributed by atoms with E-state index < -0.39 is 5.82 Å². The highest BCUT2D eigenvalue weighted by Gasteiger charge is 2.28. The summed E-state index contributed by atoms with van der Waals surface area (Å²) in [6, 6.07) is 3.68. The molecule has 1 N–H and O–H groups in total. The van der Waals surface area contributed by atoms with Gasteiger partial charge in [0.1, 0.15) is 12.4 Å². The monoisotopic (exact) mass is 459 g/mol. The van der Waals surface area contributed by atoms with E-state index in [-0.39, 0.29) is 23.6 Å². The molecule has 5 nitrogen and oxygen atoms in total. The van der Waals surface area contributed by atoms with Crippen molar-refractivity contribution in [3.8, 4) is 0 Å². The number of nitrogens with zero attached hydrogens (tertiary/aromatic N) is 2. The predicted molar refractivity (Wildman–Crippen MR) is 120 cm³/mol. The summed E-state index contributed by atoms with van der Waals surface area (Å²) < 4.78 is 18.5. The lowest BCUT2D eigenvalue weighted by Gasteiger charge is -2.42. The van der Waals surface area contributed by atoms with Crippen molar-refractivity contribution >= 4 is 34.8 Å². The van der Waals surface area contributed by atoms with Gasteiger partial charge < -0.3 is 15.0 Å². The maximum absolute atomic E-state index is 13.6. The standard InChI is InChI=1S/C22H32Cl2FN3O2/c1-15-13-27(11-12-28(15)19-8-7-18(25)21(23)22(19)24)10-9-16-3-5-17(6-4-16)26-20(29)14-30-2/h7-8,15-17H,3-6,9-14H2,1-2H3,(H,26,29)/t15-,16-,17-/m1/s1. The van der Waals surface area contributed by atoms with Crippen LogP contribution in [0.15, 0.2) is 12.1 Å². The van der Waals surface area contributed by atoms with Crippen LogP contribution in [0.2, 0.25) is 10.0 Å². The molecule has 1 amide bonds. The molecular formula is C22H32Cl2FN3O2. The molecule has 1 saturated carbocycles. The van der Waals surface area contributed by atoms with Crippen molar-refractivity contribution in [2.45, 2.75) is 51.1 Å². The van der Waals surface area contributed by atoms with Gasteiger partial charge in [0.2, 0.25) is 5.91 Å². The van der Waals surface area contributed by atoms with Crippen LogP contribution in [0.1, 0.15) is 39.0 Å². The number of anilines is 1. The minimum Gasteiger partial charge on any atom is -0.375 e. The van der Waals surface area contributed by atoms with Crippen molar-refractivity contribution in [2.75, 3.05) is 44.8 Å². The molecule has 3 rings (SSSR count). The highest BCUT2D eigenvalue weighted by atomic mass is 35.5. The molecule has 2 aliphatic rings. The van der Waals surface area contributed by atoms with Crippen LogP contribution in [0.5, 0.6) is 0 Å². The second-order valence-corrected chi connectivity index (χ2v) is 9.30. The van der Waals surface area contributed by atoms with Crippen LogP contribution in [0.3, 0.4) is 0 Å². The molecular weight excluding hydrogens is 428 g/mol. The first-order valence-electron chi connectivity index (χ1n) is 10.8. The first-order valence-corrected chi connectivity index (χ1v) is 11.6. The Labute approximate surface area is 188 Å². The number of piperazine rings is 1. The van der Waals surface area contributed by atoms with Crippen LogP contribution in [-0.4, -0.2) is 62.8 Å². The van der Waals surface area contributed by atoms with Gasteiger partial charge >= 0.3 is 0 Å². The number of hydrogen-bond donors (Lipinski definition) is 1. The lowest BCUT2D eigenvalue weighted by atomic mass is 9.84. The second kappa shape index (κ2) is 11.0. The fourth-order valence-corrected chi connectivity index (χ4v) is 5.11. The number of ether oxygens (including phenoxy) is 1.